The van der Waals surface area contributed by atoms with Crippen molar-refractivity contribution < 1.29 is 13.9 Å². The number of nitrogens with zero attached hydrogens (tertiary/aromatic N) is 1. The molecule has 5 heteroatoms. The molecule has 0 aliphatic carbocycles. The first-order valence-corrected chi connectivity index (χ1v) is 8.15. The van der Waals surface area contributed by atoms with Crippen LogP contribution >= 0.6 is 0 Å². The first kappa shape index (κ1) is 18.1. The number of ether oxygens (including phenoxy) is 1. The van der Waals surface area contributed by atoms with E-state index in [1.54, 1.807) is 25.3 Å². The Labute approximate surface area is 143 Å². The summed E-state index contributed by atoms with van der Waals surface area (Å²) in [4.78, 5) is 14.0. The maximum absolute atomic E-state index is 12.3. The first-order chi connectivity index (χ1) is 11.5. The molecule has 1 unspecified atom stereocenters. The molecule has 0 saturated carbocycles. The fourth-order valence-corrected chi connectivity index (χ4v) is 2.61. The van der Waals surface area contributed by atoms with Crippen LogP contribution in [-0.2, 0) is 11.3 Å². The second kappa shape index (κ2) is 8.55. The van der Waals surface area contributed by atoms with E-state index < -0.39 is 0 Å². The smallest absolute Gasteiger partial charge is 0.236 e. The molecule has 0 fully saturated rings. The number of methoxy groups -OCH3 is 1. The second-order valence-corrected chi connectivity index (χ2v) is 6.20. The van der Waals surface area contributed by atoms with Gasteiger partial charge in [0.05, 0.1) is 26.5 Å². The lowest BCUT2D eigenvalue weighted by Gasteiger charge is -2.24. The van der Waals surface area contributed by atoms with E-state index in [9.17, 15) is 4.79 Å². The highest BCUT2D eigenvalue weighted by atomic mass is 16.5. The van der Waals surface area contributed by atoms with Gasteiger partial charge in [-0.3, -0.25) is 4.79 Å². The molecule has 2 aromatic rings. The number of rotatable bonds is 8. The van der Waals surface area contributed by atoms with E-state index in [4.69, 9.17) is 9.15 Å². The number of benzene rings is 1. The highest BCUT2D eigenvalue weighted by molar-refractivity contribution is 5.78. The van der Waals surface area contributed by atoms with Crippen LogP contribution in [0.25, 0.3) is 0 Å². The molecule has 24 heavy (non-hydrogen) atoms. The highest BCUT2D eigenvalue weighted by Crippen LogP contribution is 2.23. The molecular formula is C19H26N2O3. The zero-order chi connectivity index (χ0) is 17.5. The van der Waals surface area contributed by atoms with Crippen LogP contribution in [0.3, 0.4) is 0 Å². The number of carbonyl (C=O) groups is 1. The molecule has 1 aromatic carbocycles. The molecular weight excluding hydrogens is 304 g/mol. The first-order valence-electron chi connectivity index (χ1n) is 8.15. The number of furan rings is 1. The van der Waals surface area contributed by atoms with E-state index in [-0.39, 0.29) is 18.5 Å². The van der Waals surface area contributed by atoms with Gasteiger partial charge in [0.15, 0.2) is 0 Å². The number of hydrogen-bond donors (Lipinski definition) is 1. The van der Waals surface area contributed by atoms with Gasteiger partial charge in [-0.15, -0.1) is 0 Å². The fourth-order valence-electron chi connectivity index (χ4n) is 2.61. The summed E-state index contributed by atoms with van der Waals surface area (Å²) in [5.41, 5.74) is 1.15. The van der Waals surface area contributed by atoms with Crippen molar-refractivity contribution >= 4 is 5.91 Å². The fraction of sp³-hybridized carbons (Fsp3) is 0.421. The van der Waals surface area contributed by atoms with Gasteiger partial charge in [0, 0.05) is 13.1 Å². The van der Waals surface area contributed by atoms with Crippen LogP contribution in [0, 0.1) is 5.92 Å². The third-order valence-corrected chi connectivity index (χ3v) is 4.01. The Morgan fingerprint density at radius 3 is 2.50 bits per heavy atom. The molecule has 2 rings (SSSR count). The molecule has 0 radical (unpaired) electrons. The minimum atomic E-state index is 0.0329. The van der Waals surface area contributed by atoms with E-state index in [0.29, 0.717) is 12.5 Å². The molecule has 1 N–H and O–H groups in total. The zero-order valence-electron chi connectivity index (χ0n) is 14.8. The van der Waals surface area contributed by atoms with E-state index in [1.165, 1.54) is 0 Å². The number of nitrogens with one attached hydrogen (secondary N) is 1. The van der Waals surface area contributed by atoms with Gasteiger partial charge in [0.1, 0.15) is 11.5 Å². The molecule has 0 aliphatic heterocycles. The Bertz CT molecular complexity index is 621. The van der Waals surface area contributed by atoms with E-state index in [0.717, 1.165) is 17.1 Å². The lowest BCUT2D eigenvalue weighted by molar-refractivity contribution is -0.129. The second-order valence-electron chi connectivity index (χ2n) is 6.20. The largest absolute Gasteiger partial charge is 0.497 e. The SMILES string of the molecule is COc1ccc(C(NCC(=O)N(C)Cc2ccco2)C(C)C)cc1. The van der Waals surface area contributed by atoms with E-state index in [1.807, 2.05) is 36.4 Å². The van der Waals surface area contributed by atoms with Gasteiger partial charge in [-0.25, -0.2) is 0 Å². The van der Waals surface area contributed by atoms with Crippen molar-refractivity contribution in [3.8, 4) is 5.75 Å². The average molecular weight is 330 g/mol. The molecule has 0 bridgehead atoms. The average Bonchev–Trinajstić information content (AvgIpc) is 3.08. The maximum Gasteiger partial charge on any atom is 0.236 e. The summed E-state index contributed by atoms with van der Waals surface area (Å²) in [6.45, 7) is 5.03. The molecule has 0 spiro atoms. The summed E-state index contributed by atoms with van der Waals surface area (Å²) in [5.74, 6) is 2.00. The number of amides is 1. The summed E-state index contributed by atoms with van der Waals surface area (Å²) in [7, 11) is 3.44. The standard InChI is InChI=1S/C19H26N2O3/c1-14(2)19(15-7-9-16(23-4)10-8-15)20-12-18(22)21(3)13-17-6-5-11-24-17/h5-11,14,19-20H,12-13H2,1-4H3. The van der Waals surface area contributed by atoms with Crippen molar-refractivity contribution in [2.45, 2.75) is 26.4 Å². The van der Waals surface area contributed by atoms with Crippen LogP contribution in [0.5, 0.6) is 5.75 Å². The molecule has 130 valence electrons. The van der Waals surface area contributed by atoms with Crippen LogP contribution in [0.15, 0.2) is 47.1 Å². The summed E-state index contributed by atoms with van der Waals surface area (Å²) >= 11 is 0. The molecule has 1 atom stereocenters. The quantitative estimate of drug-likeness (QED) is 0.807. The third-order valence-electron chi connectivity index (χ3n) is 4.01. The Balaban J connectivity index is 1.93. The number of likely N-dealkylation sites (N-methyl/N-ethyl adjacent to an activating group) is 1. The minimum absolute atomic E-state index is 0.0329. The van der Waals surface area contributed by atoms with Crippen molar-refractivity contribution in [2.24, 2.45) is 5.92 Å². The lowest BCUT2D eigenvalue weighted by atomic mass is 9.96. The van der Waals surface area contributed by atoms with E-state index in [2.05, 4.69) is 19.2 Å². The Morgan fingerprint density at radius 1 is 1.25 bits per heavy atom. The van der Waals surface area contributed by atoms with Gasteiger partial charge in [-0.1, -0.05) is 26.0 Å². The van der Waals surface area contributed by atoms with Crippen LogP contribution in [-0.4, -0.2) is 31.5 Å². The van der Waals surface area contributed by atoms with Crippen LogP contribution in [0.1, 0.15) is 31.2 Å². The van der Waals surface area contributed by atoms with Gasteiger partial charge in [-0.2, -0.15) is 0 Å². The number of carbonyl (C=O) groups excluding carboxylic acids is 1. The summed E-state index contributed by atoms with van der Waals surface area (Å²) in [6.07, 6.45) is 1.62. The van der Waals surface area contributed by atoms with Crippen molar-refractivity contribution in [3.63, 3.8) is 0 Å². The van der Waals surface area contributed by atoms with Gasteiger partial charge in [0.2, 0.25) is 5.91 Å². The van der Waals surface area contributed by atoms with Crippen LogP contribution in [0.2, 0.25) is 0 Å². The minimum Gasteiger partial charge on any atom is -0.497 e. The monoisotopic (exact) mass is 330 g/mol. The molecule has 5 nitrogen and oxygen atoms in total. The summed E-state index contributed by atoms with van der Waals surface area (Å²) in [5, 5.41) is 3.37. The van der Waals surface area contributed by atoms with Gasteiger partial charge in [-0.05, 0) is 35.7 Å². The van der Waals surface area contributed by atoms with E-state index >= 15 is 0 Å². The summed E-state index contributed by atoms with van der Waals surface area (Å²) in [6, 6.07) is 11.8. The predicted molar refractivity (Wildman–Crippen MR) is 93.8 cm³/mol. The Kier molecular flexibility index (Phi) is 6.44. The molecule has 1 amide bonds. The summed E-state index contributed by atoms with van der Waals surface area (Å²) < 4.78 is 10.5. The molecule has 0 aliphatic rings. The zero-order valence-corrected chi connectivity index (χ0v) is 14.8. The predicted octanol–water partition coefficient (Wildman–Crippen LogP) is 3.23. The third kappa shape index (κ3) is 4.86. The van der Waals surface area contributed by atoms with Gasteiger partial charge < -0.3 is 19.4 Å². The molecule has 0 saturated heterocycles. The van der Waals surface area contributed by atoms with Crippen molar-refractivity contribution in [1.82, 2.24) is 10.2 Å². The Morgan fingerprint density at radius 2 is 1.96 bits per heavy atom. The topological polar surface area (TPSA) is 54.7 Å². The van der Waals surface area contributed by atoms with Gasteiger partial charge in [0.25, 0.3) is 0 Å². The highest BCUT2D eigenvalue weighted by Gasteiger charge is 2.18. The molecule has 1 aromatic heterocycles. The molecule has 1 heterocycles. The normalized spacial score (nSPS) is 12.2. The van der Waals surface area contributed by atoms with Crippen LogP contribution < -0.4 is 10.1 Å². The van der Waals surface area contributed by atoms with Crippen molar-refractivity contribution in [2.75, 3.05) is 20.7 Å². The van der Waals surface area contributed by atoms with Crippen molar-refractivity contribution in [1.29, 1.82) is 0 Å². The Hall–Kier alpha value is -2.27. The lowest BCUT2D eigenvalue weighted by Crippen LogP contribution is -2.38. The maximum atomic E-state index is 12.3. The van der Waals surface area contributed by atoms with Gasteiger partial charge >= 0.3 is 0 Å². The number of hydrogen-bond acceptors (Lipinski definition) is 4. The van der Waals surface area contributed by atoms with Crippen LogP contribution in [0.4, 0.5) is 0 Å². The van der Waals surface area contributed by atoms with Crippen molar-refractivity contribution in [3.05, 3.63) is 54.0 Å².